The first-order valence-corrected chi connectivity index (χ1v) is 5.38. The highest BCUT2D eigenvalue weighted by Crippen LogP contribution is 2.29. The zero-order valence-corrected chi connectivity index (χ0v) is 9.11. The lowest BCUT2D eigenvalue weighted by Gasteiger charge is -2.17. The monoisotopic (exact) mass is 220 g/mol. The highest BCUT2D eigenvalue weighted by molar-refractivity contribution is 6.30. The highest BCUT2D eigenvalue weighted by atomic mass is 35.5. The Morgan fingerprint density at radius 3 is 2.93 bits per heavy atom. The van der Waals surface area contributed by atoms with Crippen LogP contribution in [0.5, 0.6) is 0 Å². The van der Waals surface area contributed by atoms with Gasteiger partial charge < -0.3 is 5.73 Å². The predicted molar refractivity (Wildman–Crippen MR) is 62.4 cm³/mol. The van der Waals surface area contributed by atoms with Crippen LogP contribution in [0.4, 0.5) is 0 Å². The Balaban J connectivity index is 2.29. The van der Waals surface area contributed by atoms with Gasteiger partial charge in [-0.15, -0.1) is 0 Å². The van der Waals surface area contributed by atoms with Crippen LogP contribution in [0.25, 0.3) is 0 Å². The maximum atomic E-state index is 6.15. The molecule has 1 aromatic heterocycles. The molecular formula is C12H13ClN2. The molecule has 0 bridgehead atoms. The van der Waals surface area contributed by atoms with E-state index in [2.05, 4.69) is 11.1 Å². The first kappa shape index (κ1) is 10.4. The molecule has 1 heterocycles. The van der Waals surface area contributed by atoms with Crippen LogP contribution in [0.2, 0.25) is 0 Å². The van der Waals surface area contributed by atoms with Gasteiger partial charge in [0.1, 0.15) is 0 Å². The van der Waals surface area contributed by atoms with Gasteiger partial charge in [-0.25, -0.2) is 0 Å². The summed E-state index contributed by atoms with van der Waals surface area (Å²) in [6.07, 6.45) is 7.73. The average Bonchev–Trinajstić information content (AvgIpc) is 2.30. The van der Waals surface area contributed by atoms with Crippen molar-refractivity contribution in [2.24, 2.45) is 5.73 Å². The molecule has 2 N–H and O–H groups in total. The fraction of sp³-hybridized carbons (Fsp3) is 0.250. The van der Waals surface area contributed by atoms with Crippen LogP contribution in [0, 0.1) is 0 Å². The van der Waals surface area contributed by atoms with Crippen molar-refractivity contribution in [2.45, 2.75) is 18.9 Å². The minimum absolute atomic E-state index is 0.213. The summed E-state index contributed by atoms with van der Waals surface area (Å²) in [4.78, 5) is 4.24. The van der Waals surface area contributed by atoms with Gasteiger partial charge >= 0.3 is 0 Å². The van der Waals surface area contributed by atoms with Crippen LogP contribution in [0.15, 0.2) is 47.2 Å². The molecule has 0 amide bonds. The number of nitrogens with zero attached hydrogens (tertiary/aromatic N) is 1. The van der Waals surface area contributed by atoms with Crippen LogP contribution in [-0.2, 0) is 0 Å². The van der Waals surface area contributed by atoms with Gasteiger partial charge in [0.25, 0.3) is 0 Å². The third kappa shape index (κ3) is 2.28. The van der Waals surface area contributed by atoms with Crippen molar-refractivity contribution >= 4 is 11.6 Å². The summed E-state index contributed by atoms with van der Waals surface area (Å²) >= 11 is 6.15. The predicted octanol–water partition coefficient (Wildman–Crippen LogP) is 2.92. The Morgan fingerprint density at radius 1 is 1.40 bits per heavy atom. The molecule has 15 heavy (non-hydrogen) atoms. The molecular weight excluding hydrogens is 208 g/mol. The van der Waals surface area contributed by atoms with Gasteiger partial charge in [0.05, 0.1) is 11.7 Å². The van der Waals surface area contributed by atoms with E-state index >= 15 is 0 Å². The maximum Gasteiger partial charge on any atom is 0.0737 e. The summed E-state index contributed by atoms with van der Waals surface area (Å²) in [5, 5.41) is 0.857. The van der Waals surface area contributed by atoms with Crippen LogP contribution in [0.3, 0.4) is 0 Å². The Hall–Kier alpha value is -1.12. The number of hydrogen-bond donors (Lipinski definition) is 1. The minimum atomic E-state index is -0.213. The molecule has 1 unspecified atom stereocenters. The number of halogens is 1. The number of allylic oxidation sites excluding steroid dienone is 2. The van der Waals surface area contributed by atoms with Crippen molar-refractivity contribution in [1.82, 2.24) is 4.98 Å². The summed E-state index contributed by atoms with van der Waals surface area (Å²) in [6.45, 7) is 0. The van der Waals surface area contributed by atoms with Crippen LogP contribution >= 0.6 is 11.6 Å². The zero-order chi connectivity index (χ0) is 10.7. The van der Waals surface area contributed by atoms with Crippen molar-refractivity contribution in [3.05, 3.63) is 52.8 Å². The molecule has 78 valence electrons. The van der Waals surface area contributed by atoms with Crippen LogP contribution in [0.1, 0.15) is 24.6 Å². The molecule has 1 aromatic rings. The third-order valence-electron chi connectivity index (χ3n) is 2.48. The molecule has 0 aliphatic heterocycles. The van der Waals surface area contributed by atoms with Gasteiger partial charge in [0.2, 0.25) is 0 Å². The Labute approximate surface area is 94.5 Å². The molecule has 0 saturated carbocycles. The second-order valence-corrected chi connectivity index (χ2v) is 3.99. The van der Waals surface area contributed by atoms with Gasteiger partial charge in [0.15, 0.2) is 0 Å². The lowest BCUT2D eigenvalue weighted by atomic mass is 9.98. The molecule has 0 fully saturated rings. The lowest BCUT2D eigenvalue weighted by Crippen LogP contribution is -2.15. The van der Waals surface area contributed by atoms with E-state index in [1.165, 1.54) is 0 Å². The summed E-state index contributed by atoms with van der Waals surface area (Å²) in [5.41, 5.74) is 7.95. The summed E-state index contributed by atoms with van der Waals surface area (Å²) in [6, 6.07) is 5.52. The Bertz CT molecular complexity index is 395. The number of pyridine rings is 1. The van der Waals surface area contributed by atoms with Gasteiger partial charge in [-0.2, -0.15) is 0 Å². The fourth-order valence-corrected chi connectivity index (χ4v) is 1.94. The zero-order valence-electron chi connectivity index (χ0n) is 8.36. The van der Waals surface area contributed by atoms with Crippen molar-refractivity contribution in [3.8, 4) is 0 Å². The standard InChI is InChI=1S/C12H13ClN2/c13-10-6-2-1-5-9(10)12(14)11-7-3-4-8-15-11/h1,3-5,7-8,12H,2,6,14H2. The van der Waals surface area contributed by atoms with E-state index in [4.69, 9.17) is 17.3 Å². The molecule has 3 heteroatoms. The molecule has 0 radical (unpaired) electrons. The molecule has 1 aliphatic rings. The molecule has 2 rings (SSSR count). The van der Waals surface area contributed by atoms with E-state index in [9.17, 15) is 0 Å². The van der Waals surface area contributed by atoms with Crippen LogP contribution in [-0.4, -0.2) is 4.98 Å². The molecule has 0 aromatic carbocycles. The van der Waals surface area contributed by atoms with Crippen molar-refractivity contribution in [2.75, 3.05) is 0 Å². The minimum Gasteiger partial charge on any atom is -0.319 e. The van der Waals surface area contributed by atoms with Gasteiger partial charge in [-0.1, -0.05) is 29.8 Å². The fourth-order valence-electron chi connectivity index (χ4n) is 1.65. The topological polar surface area (TPSA) is 38.9 Å². The van der Waals surface area contributed by atoms with E-state index < -0.39 is 0 Å². The molecule has 0 saturated heterocycles. The quantitative estimate of drug-likeness (QED) is 0.833. The average molecular weight is 221 g/mol. The number of rotatable bonds is 2. The SMILES string of the molecule is NC(C1=C(Cl)CCC=C1)c1ccccn1. The first-order valence-electron chi connectivity index (χ1n) is 5.00. The molecule has 0 spiro atoms. The summed E-state index contributed by atoms with van der Waals surface area (Å²) in [7, 11) is 0. The second-order valence-electron chi connectivity index (χ2n) is 3.53. The number of hydrogen-bond acceptors (Lipinski definition) is 2. The maximum absolute atomic E-state index is 6.15. The molecule has 2 nitrogen and oxygen atoms in total. The summed E-state index contributed by atoms with van der Waals surface area (Å²) < 4.78 is 0. The second kappa shape index (κ2) is 4.60. The molecule has 1 atom stereocenters. The third-order valence-corrected chi connectivity index (χ3v) is 2.89. The molecule has 1 aliphatic carbocycles. The largest absolute Gasteiger partial charge is 0.319 e. The first-order chi connectivity index (χ1) is 7.29. The Morgan fingerprint density at radius 2 is 2.27 bits per heavy atom. The van der Waals surface area contributed by atoms with Crippen molar-refractivity contribution in [1.29, 1.82) is 0 Å². The van der Waals surface area contributed by atoms with E-state index in [1.54, 1.807) is 6.20 Å². The van der Waals surface area contributed by atoms with E-state index in [1.807, 2.05) is 24.3 Å². The van der Waals surface area contributed by atoms with Gasteiger partial charge in [0, 0.05) is 11.2 Å². The van der Waals surface area contributed by atoms with Crippen LogP contribution < -0.4 is 5.73 Å². The highest BCUT2D eigenvalue weighted by Gasteiger charge is 2.16. The van der Waals surface area contributed by atoms with E-state index in [-0.39, 0.29) is 6.04 Å². The normalized spacial score (nSPS) is 18.0. The van der Waals surface area contributed by atoms with Crippen molar-refractivity contribution < 1.29 is 0 Å². The van der Waals surface area contributed by atoms with E-state index in [0.29, 0.717) is 0 Å². The van der Waals surface area contributed by atoms with E-state index in [0.717, 1.165) is 29.1 Å². The van der Waals surface area contributed by atoms with Gasteiger partial charge in [-0.3, -0.25) is 4.98 Å². The number of nitrogens with two attached hydrogens (primary N) is 1. The van der Waals surface area contributed by atoms with Crippen molar-refractivity contribution in [3.63, 3.8) is 0 Å². The summed E-state index contributed by atoms with van der Waals surface area (Å²) in [5.74, 6) is 0. The number of aromatic nitrogens is 1. The smallest absolute Gasteiger partial charge is 0.0737 e. The van der Waals surface area contributed by atoms with Gasteiger partial charge in [-0.05, 0) is 30.5 Å². The Kier molecular flexibility index (Phi) is 3.19. The lowest BCUT2D eigenvalue weighted by molar-refractivity contribution is 0.803.